The van der Waals surface area contributed by atoms with Crippen molar-refractivity contribution in [2.24, 2.45) is 4.99 Å². The molecule has 0 amide bonds. The summed E-state index contributed by atoms with van der Waals surface area (Å²) in [6.45, 7) is 11.4. The first-order valence-electron chi connectivity index (χ1n) is 11.2. The van der Waals surface area contributed by atoms with Crippen LogP contribution in [0.4, 0.5) is 11.6 Å². The lowest BCUT2D eigenvalue weighted by Gasteiger charge is -2.28. The molecular weight excluding hydrogens is 596 g/mol. The third-order valence-corrected chi connectivity index (χ3v) is 7.10. The molecule has 0 N–H and O–H groups in total. The van der Waals surface area contributed by atoms with E-state index in [2.05, 4.69) is 69.4 Å². The second-order valence-corrected chi connectivity index (χ2v) is 9.92. The summed E-state index contributed by atoms with van der Waals surface area (Å²) in [7, 11) is 0. The molecule has 0 spiro atoms. The van der Waals surface area contributed by atoms with Gasteiger partial charge in [-0.3, -0.25) is 4.57 Å². The van der Waals surface area contributed by atoms with Crippen LogP contribution in [0.3, 0.4) is 0 Å². The number of halogens is 2. The Bertz CT molecular complexity index is 1260. The van der Waals surface area contributed by atoms with Gasteiger partial charge in [0.05, 0.1) is 11.4 Å². The zero-order valence-corrected chi connectivity index (χ0v) is 24.5. The Hall–Kier alpha value is -1.88. The number of nitrogens with zero attached hydrogens (tertiary/aromatic N) is 6. The van der Waals surface area contributed by atoms with E-state index in [9.17, 15) is 0 Å². The van der Waals surface area contributed by atoms with Crippen molar-refractivity contribution in [1.29, 1.82) is 0 Å². The molecule has 0 bridgehead atoms. The Labute approximate surface area is 228 Å². The summed E-state index contributed by atoms with van der Waals surface area (Å²) in [6, 6.07) is 15.9. The Kier molecular flexibility index (Phi) is 9.58. The molecule has 2 aromatic carbocycles. The zero-order chi connectivity index (χ0) is 24.8. The first-order valence-corrected chi connectivity index (χ1v) is 13.6. The highest BCUT2D eigenvalue weighted by Gasteiger charge is 2.20. The minimum absolute atomic E-state index is 0.378. The third kappa shape index (κ3) is 5.84. The van der Waals surface area contributed by atoms with E-state index in [1.807, 2.05) is 53.1 Å². The van der Waals surface area contributed by atoms with Crippen molar-refractivity contribution in [1.82, 2.24) is 19.0 Å². The summed E-state index contributed by atoms with van der Waals surface area (Å²) in [5, 5.41) is 0. The summed E-state index contributed by atoms with van der Waals surface area (Å²) in [5.74, 6) is 1.38. The van der Waals surface area contributed by atoms with E-state index in [-0.39, 0.29) is 0 Å². The molecule has 0 aliphatic heterocycles. The standard InChI is InChI=1S/C24H28Br2N6S2/c1-5-29(6-2)21(27-19-13-9-17(25)10-14-19)32-23(33)28-22(30(7-3)8-4)31(24(32)34)20-15-11-18(26)12-16-20/h9-16H,5-8H2,1-4H3. The zero-order valence-electron chi connectivity index (χ0n) is 19.7. The highest BCUT2D eigenvalue weighted by atomic mass is 79.9. The van der Waals surface area contributed by atoms with Gasteiger partial charge in [0.15, 0.2) is 4.77 Å². The van der Waals surface area contributed by atoms with Crippen LogP contribution in [0, 0.1) is 9.54 Å². The lowest BCUT2D eigenvalue weighted by atomic mass is 10.3. The molecule has 0 fully saturated rings. The van der Waals surface area contributed by atoms with Crippen molar-refractivity contribution in [2.45, 2.75) is 27.7 Å². The molecule has 10 heteroatoms. The van der Waals surface area contributed by atoms with E-state index in [4.69, 9.17) is 34.4 Å². The maximum Gasteiger partial charge on any atom is 0.215 e. The van der Waals surface area contributed by atoms with Crippen LogP contribution in [0.25, 0.3) is 5.69 Å². The van der Waals surface area contributed by atoms with Gasteiger partial charge in [-0.2, -0.15) is 4.98 Å². The molecule has 0 saturated carbocycles. The van der Waals surface area contributed by atoms with E-state index in [1.54, 1.807) is 4.57 Å². The van der Waals surface area contributed by atoms with Gasteiger partial charge >= 0.3 is 0 Å². The van der Waals surface area contributed by atoms with Gasteiger partial charge in [0.25, 0.3) is 0 Å². The normalized spacial score (nSPS) is 11.5. The summed E-state index contributed by atoms with van der Waals surface area (Å²) in [4.78, 5) is 14.1. The van der Waals surface area contributed by atoms with Crippen molar-refractivity contribution in [2.75, 3.05) is 31.1 Å². The van der Waals surface area contributed by atoms with E-state index < -0.39 is 0 Å². The fourth-order valence-electron chi connectivity index (χ4n) is 3.56. The molecule has 0 saturated heterocycles. The SMILES string of the molecule is CCN(CC)C(=Nc1ccc(Br)cc1)n1c(=S)nc(N(CC)CC)n(-c2ccc(Br)cc2)c1=S. The molecule has 1 heterocycles. The largest absolute Gasteiger partial charge is 0.342 e. The number of aromatic nitrogens is 3. The van der Waals surface area contributed by atoms with Crippen LogP contribution in [0.5, 0.6) is 0 Å². The number of rotatable bonds is 7. The van der Waals surface area contributed by atoms with Gasteiger partial charge in [-0.15, -0.1) is 0 Å². The van der Waals surface area contributed by atoms with Gasteiger partial charge in [0, 0.05) is 35.1 Å². The molecule has 3 aromatic rings. The number of anilines is 1. The third-order valence-electron chi connectivity index (χ3n) is 5.40. The van der Waals surface area contributed by atoms with Crippen molar-refractivity contribution in [3.63, 3.8) is 0 Å². The number of hydrogen-bond acceptors (Lipinski definition) is 5. The van der Waals surface area contributed by atoms with Gasteiger partial charge in [0.1, 0.15) is 0 Å². The topological polar surface area (TPSA) is 41.6 Å². The Morgan fingerprint density at radius 2 is 1.38 bits per heavy atom. The predicted octanol–water partition coefficient (Wildman–Crippen LogP) is 7.38. The summed E-state index contributed by atoms with van der Waals surface area (Å²) in [6.07, 6.45) is 0. The Morgan fingerprint density at radius 3 is 1.88 bits per heavy atom. The maximum atomic E-state index is 6.09. The van der Waals surface area contributed by atoms with E-state index in [0.29, 0.717) is 15.5 Å². The fourth-order valence-corrected chi connectivity index (χ4v) is 4.75. The van der Waals surface area contributed by atoms with Crippen LogP contribution in [0.15, 0.2) is 62.5 Å². The van der Waals surface area contributed by atoms with Crippen molar-refractivity contribution in [3.8, 4) is 5.69 Å². The predicted molar refractivity (Wildman–Crippen MR) is 154 cm³/mol. The van der Waals surface area contributed by atoms with Crippen molar-refractivity contribution >= 4 is 73.9 Å². The monoisotopic (exact) mass is 622 g/mol. The molecule has 0 aliphatic rings. The second-order valence-electron chi connectivity index (χ2n) is 7.36. The molecule has 180 valence electrons. The minimum Gasteiger partial charge on any atom is -0.342 e. The van der Waals surface area contributed by atoms with Gasteiger partial charge in [-0.1, -0.05) is 31.9 Å². The lowest BCUT2D eigenvalue weighted by molar-refractivity contribution is 0.446. The second kappa shape index (κ2) is 12.2. The molecule has 3 rings (SSSR count). The molecule has 0 unspecified atom stereocenters. The van der Waals surface area contributed by atoms with Gasteiger partial charge in [-0.25, -0.2) is 9.56 Å². The quantitative estimate of drug-likeness (QED) is 0.156. The van der Waals surface area contributed by atoms with Crippen molar-refractivity contribution < 1.29 is 0 Å². The van der Waals surface area contributed by atoms with Crippen LogP contribution in [-0.4, -0.2) is 51.2 Å². The van der Waals surface area contributed by atoms with Crippen molar-refractivity contribution in [3.05, 3.63) is 67.0 Å². The minimum atomic E-state index is 0.378. The van der Waals surface area contributed by atoms with Crippen LogP contribution < -0.4 is 4.90 Å². The van der Waals surface area contributed by atoms with E-state index >= 15 is 0 Å². The van der Waals surface area contributed by atoms with Crippen LogP contribution in [-0.2, 0) is 0 Å². The number of benzene rings is 2. The van der Waals surface area contributed by atoms with E-state index in [0.717, 1.165) is 52.4 Å². The molecule has 0 aliphatic carbocycles. The highest BCUT2D eigenvalue weighted by Crippen LogP contribution is 2.23. The van der Waals surface area contributed by atoms with Gasteiger partial charge in [0.2, 0.25) is 16.7 Å². The molecule has 6 nitrogen and oxygen atoms in total. The fraction of sp³-hybridized carbons (Fsp3) is 0.333. The van der Waals surface area contributed by atoms with E-state index in [1.165, 1.54) is 0 Å². The lowest BCUT2D eigenvalue weighted by Crippen LogP contribution is -2.38. The molecule has 0 atom stereocenters. The van der Waals surface area contributed by atoms with Crippen LogP contribution in [0.1, 0.15) is 27.7 Å². The Balaban J connectivity index is 2.37. The molecule has 1 aromatic heterocycles. The van der Waals surface area contributed by atoms with Gasteiger partial charge < -0.3 is 9.80 Å². The summed E-state index contributed by atoms with van der Waals surface area (Å²) in [5.41, 5.74) is 1.72. The highest BCUT2D eigenvalue weighted by molar-refractivity contribution is 9.10. The average Bonchev–Trinajstić information content (AvgIpc) is 2.83. The van der Waals surface area contributed by atoms with Crippen LogP contribution >= 0.6 is 56.3 Å². The number of hydrogen-bond donors (Lipinski definition) is 0. The first-order chi connectivity index (χ1) is 16.3. The maximum absolute atomic E-state index is 6.09. The average molecular weight is 624 g/mol. The summed E-state index contributed by atoms with van der Waals surface area (Å²) < 4.78 is 6.66. The smallest absolute Gasteiger partial charge is 0.215 e. The molecule has 0 radical (unpaired) electrons. The number of aliphatic imine (C=N–C) groups is 1. The molecule has 34 heavy (non-hydrogen) atoms. The first kappa shape index (κ1) is 26.7. The Morgan fingerprint density at radius 1 is 0.853 bits per heavy atom. The van der Waals surface area contributed by atoms with Crippen LogP contribution in [0.2, 0.25) is 0 Å². The molecular formula is C24H28Br2N6S2. The summed E-state index contributed by atoms with van der Waals surface area (Å²) >= 11 is 18.9. The van der Waals surface area contributed by atoms with Gasteiger partial charge in [-0.05, 0) is 101 Å².